The number of aromatic nitrogens is 1. The normalized spacial score (nSPS) is 27.8. The summed E-state index contributed by atoms with van der Waals surface area (Å²) in [6.07, 6.45) is 7.07. The molecule has 1 aliphatic heterocycles. The molecule has 7 heteroatoms. The molecule has 1 aromatic rings. The lowest BCUT2D eigenvalue weighted by Crippen LogP contribution is -2.54. The fraction of sp³-hybridized carbons (Fsp3) is 0.700. The van der Waals surface area contributed by atoms with E-state index in [9.17, 15) is 4.79 Å². The minimum Gasteiger partial charge on any atom is -0.394 e. The maximum atomic E-state index is 13.0. The molecular formula is C20H31N3O4. The van der Waals surface area contributed by atoms with Gasteiger partial charge in [-0.2, -0.15) is 0 Å². The second-order valence-electron chi connectivity index (χ2n) is 7.64. The van der Waals surface area contributed by atoms with Crippen LogP contribution >= 0.6 is 0 Å². The van der Waals surface area contributed by atoms with E-state index in [0.29, 0.717) is 19.7 Å². The zero-order valence-corrected chi connectivity index (χ0v) is 16.3. The molecule has 0 radical (unpaired) electrons. The number of hydrogen-bond acceptors (Lipinski definition) is 6. The number of fused-ring (bicyclic) bond motifs is 1. The third-order valence-corrected chi connectivity index (χ3v) is 5.91. The summed E-state index contributed by atoms with van der Waals surface area (Å²) in [5, 5.41) is 9.02. The molecule has 1 saturated carbocycles. The van der Waals surface area contributed by atoms with Crippen LogP contribution in [0.4, 0.5) is 0 Å². The molecule has 1 aromatic heterocycles. The highest BCUT2D eigenvalue weighted by Gasteiger charge is 2.52. The van der Waals surface area contributed by atoms with Crippen LogP contribution in [0.2, 0.25) is 0 Å². The first-order chi connectivity index (χ1) is 13.1. The number of likely N-dealkylation sites (N-methyl/N-ethyl adjacent to an activating group) is 1. The molecule has 1 amide bonds. The Balaban J connectivity index is 1.61. The number of pyridine rings is 1. The Morgan fingerprint density at radius 3 is 2.89 bits per heavy atom. The number of nitrogens with zero attached hydrogens (tertiary/aromatic N) is 3. The average Bonchev–Trinajstić information content (AvgIpc) is 3.06. The Labute approximate surface area is 161 Å². The van der Waals surface area contributed by atoms with Gasteiger partial charge in [0.25, 0.3) is 0 Å². The SMILES string of the molecule is CO[C@@]12CC[C@H](OCCO)C[C@@H]1N(C(=O)CN(C)Cc1ccncc1)CC2. The first-order valence-electron chi connectivity index (χ1n) is 9.72. The van der Waals surface area contributed by atoms with Crippen molar-refractivity contribution in [3.8, 4) is 0 Å². The van der Waals surface area contributed by atoms with Gasteiger partial charge in [-0.05, 0) is 50.4 Å². The van der Waals surface area contributed by atoms with Crippen LogP contribution in [0.1, 0.15) is 31.2 Å². The molecule has 0 aromatic carbocycles. The van der Waals surface area contributed by atoms with Crippen LogP contribution in [0.25, 0.3) is 0 Å². The van der Waals surface area contributed by atoms with Crippen molar-refractivity contribution in [1.82, 2.24) is 14.8 Å². The first-order valence-corrected chi connectivity index (χ1v) is 9.72. The zero-order chi connectivity index (χ0) is 19.3. The molecule has 7 nitrogen and oxygen atoms in total. The topological polar surface area (TPSA) is 75.1 Å². The summed E-state index contributed by atoms with van der Waals surface area (Å²) in [5.41, 5.74) is 0.890. The molecule has 3 atom stereocenters. The van der Waals surface area contributed by atoms with Crippen molar-refractivity contribution in [2.45, 2.75) is 50.0 Å². The van der Waals surface area contributed by atoms with Gasteiger partial charge in [-0.3, -0.25) is 14.7 Å². The Bertz CT molecular complexity index is 615. The Morgan fingerprint density at radius 2 is 2.19 bits per heavy atom. The molecule has 2 fully saturated rings. The molecule has 0 bridgehead atoms. The second-order valence-corrected chi connectivity index (χ2v) is 7.64. The quantitative estimate of drug-likeness (QED) is 0.730. The summed E-state index contributed by atoms with van der Waals surface area (Å²) in [4.78, 5) is 21.1. The number of methoxy groups -OCH3 is 1. The predicted molar refractivity (Wildman–Crippen MR) is 101 cm³/mol. The minimum atomic E-state index is -0.252. The fourth-order valence-corrected chi connectivity index (χ4v) is 4.51. The molecular weight excluding hydrogens is 346 g/mol. The van der Waals surface area contributed by atoms with Gasteiger partial charge in [-0.25, -0.2) is 0 Å². The summed E-state index contributed by atoms with van der Waals surface area (Å²) in [6.45, 7) is 2.19. The number of aliphatic hydroxyl groups excluding tert-OH is 1. The maximum Gasteiger partial charge on any atom is 0.237 e. The largest absolute Gasteiger partial charge is 0.394 e. The molecule has 0 unspecified atom stereocenters. The van der Waals surface area contributed by atoms with Crippen molar-refractivity contribution in [3.05, 3.63) is 30.1 Å². The fourth-order valence-electron chi connectivity index (χ4n) is 4.51. The van der Waals surface area contributed by atoms with Crippen molar-refractivity contribution < 1.29 is 19.4 Å². The Hall–Kier alpha value is -1.54. The molecule has 150 valence electrons. The molecule has 1 N–H and O–H groups in total. The van der Waals surface area contributed by atoms with E-state index in [0.717, 1.165) is 37.8 Å². The zero-order valence-electron chi connectivity index (χ0n) is 16.3. The summed E-state index contributed by atoms with van der Waals surface area (Å²) >= 11 is 0. The van der Waals surface area contributed by atoms with Crippen LogP contribution in [0.15, 0.2) is 24.5 Å². The van der Waals surface area contributed by atoms with E-state index in [1.807, 2.05) is 29.0 Å². The summed E-state index contributed by atoms with van der Waals surface area (Å²) in [5.74, 6) is 0.137. The lowest BCUT2D eigenvalue weighted by Gasteiger charge is -2.43. The van der Waals surface area contributed by atoms with Crippen molar-refractivity contribution in [2.75, 3.05) is 40.5 Å². The van der Waals surface area contributed by atoms with E-state index in [1.54, 1.807) is 19.5 Å². The van der Waals surface area contributed by atoms with Crippen LogP contribution in [0.5, 0.6) is 0 Å². The minimum absolute atomic E-state index is 0.0268. The van der Waals surface area contributed by atoms with Crippen LogP contribution in [-0.2, 0) is 20.8 Å². The van der Waals surface area contributed by atoms with Gasteiger partial charge in [-0.15, -0.1) is 0 Å². The highest BCUT2D eigenvalue weighted by molar-refractivity contribution is 5.79. The van der Waals surface area contributed by atoms with Gasteiger partial charge >= 0.3 is 0 Å². The lowest BCUT2D eigenvalue weighted by molar-refractivity contribution is -0.143. The molecule has 1 saturated heterocycles. The van der Waals surface area contributed by atoms with Gasteiger partial charge < -0.3 is 19.5 Å². The number of hydrogen-bond donors (Lipinski definition) is 1. The van der Waals surface area contributed by atoms with E-state index in [-0.39, 0.29) is 30.3 Å². The van der Waals surface area contributed by atoms with Gasteiger partial charge in [0.2, 0.25) is 5.91 Å². The van der Waals surface area contributed by atoms with Crippen LogP contribution in [-0.4, -0.2) is 84.0 Å². The maximum absolute atomic E-state index is 13.0. The average molecular weight is 377 g/mol. The monoisotopic (exact) mass is 377 g/mol. The molecule has 2 aliphatic rings. The standard InChI is InChI=1S/C20H31N3O4/c1-22(14-16-4-8-21-9-5-16)15-19(25)23-10-7-20(26-2)6-3-17(13-18(20)23)27-12-11-24/h4-5,8-9,17-18,24H,3,6-7,10-15H2,1-2H3/t17-,18-,20+/m0/s1. The summed E-state index contributed by atoms with van der Waals surface area (Å²) < 4.78 is 11.7. The van der Waals surface area contributed by atoms with Gasteiger partial charge in [0, 0.05) is 32.6 Å². The van der Waals surface area contributed by atoms with Crippen molar-refractivity contribution in [2.24, 2.45) is 0 Å². The lowest BCUT2D eigenvalue weighted by atomic mass is 9.79. The molecule has 3 rings (SSSR count). The second kappa shape index (κ2) is 9.10. The van der Waals surface area contributed by atoms with E-state index >= 15 is 0 Å². The van der Waals surface area contributed by atoms with E-state index in [4.69, 9.17) is 14.6 Å². The third-order valence-electron chi connectivity index (χ3n) is 5.91. The molecule has 27 heavy (non-hydrogen) atoms. The Morgan fingerprint density at radius 1 is 1.41 bits per heavy atom. The van der Waals surface area contributed by atoms with Gasteiger partial charge in [0.1, 0.15) is 0 Å². The molecule has 0 spiro atoms. The number of aliphatic hydroxyl groups is 1. The van der Waals surface area contributed by atoms with Crippen LogP contribution < -0.4 is 0 Å². The van der Waals surface area contributed by atoms with Crippen molar-refractivity contribution in [1.29, 1.82) is 0 Å². The van der Waals surface area contributed by atoms with E-state index in [2.05, 4.69) is 4.98 Å². The first kappa shape index (κ1) is 20.2. The molecule has 1 aliphatic carbocycles. The number of carbonyl (C=O) groups excluding carboxylic acids is 1. The van der Waals surface area contributed by atoms with Gasteiger partial charge in [0.05, 0.1) is 37.5 Å². The summed E-state index contributed by atoms with van der Waals surface area (Å²) in [7, 11) is 3.72. The third kappa shape index (κ3) is 4.66. The predicted octanol–water partition coefficient (Wildman–Crippen LogP) is 1.06. The number of carbonyl (C=O) groups is 1. The van der Waals surface area contributed by atoms with Gasteiger partial charge in [0.15, 0.2) is 0 Å². The highest BCUT2D eigenvalue weighted by atomic mass is 16.5. The number of ether oxygens (including phenoxy) is 2. The molecule has 2 heterocycles. The van der Waals surface area contributed by atoms with Crippen molar-refractivity contribution >= 4 is 5.91 Å². The number of rotatable bonds is 8. The Kier molecular flexibility index (Phi) is 6.81. The van der Waals surface area contributed by atoms with Crippen LogP contribution in [0.3, 0.4) is 0 Å². The van der Waals surface area contributed by atoms with E-state index in [1.165, 1.54) is 0 Å². The number of likely N-dealkylation sites (tertiary alicyclic amines) is 1. The van der Waals surface area contributed by atoms with Crippen molar-refractivity contribution in [3.63, 3.8) is 0 Å². The summed E-state index contributed by atoms with van der Waals surface area (Å²) in [6, 6.07) is 3.98. The highest BCUT2D eigenvalue weighted by Crippen LogP contribution is 2.43. The van der Waals surface area contributed by atoms with Gasteiger partial charge in [-0.1, -0.05) is 0 Å². The van der Waals surface area contributed by atoms with E-state index < -0.39 is 0 Å². The van der Waals surface area contributed by atoms with Crippen LogP contribution in [0, 0.1) is 0 Å². The smallest absolute Gasteiger partial charge is 0.237 e. The number of amides is 1.